The zero-order valence-corrected chi connectivity index (χ0v) is 16.0. The van der Waals surface area contributed by atoms with Gasteiger partial charge in [0.2, 0.25) is 0 Å². The molecular formula is C21H21ClN2O3. The van der Waals surface area contributed by atoms with Crippen molar-refractivity contribution in [3.63, 3.8) is 0 Å². The van der Waals surface area contributed by atoms with Gasteiger partial charge in [-0.3, -0.25) is 0 Å². The first-order valence-electron chi connectivity index (χ1n) is 8.95. The Hall–Kier alpha value is -2.50. The molecule has 1 aromatic heterocycles. The summed E-state index contributed by atoms with van der Waals surface area (Å²) in [4.78, 5) is 14.9. The van der Waals surface area contributed by atoms with E-state index >= 15 is 0 Å². The van der Waals surface area contributed by atoms with Crippen molar-refractivity contribution in [1.29, 1.82) is 0 Å². The number of hydrogen-bond acceptors (Lipinski definition) is 5. The molecule has 2 aromatic carbocycles. The summed E-state index contributed by atoms with van der Waals surface area (Å²) in [6.07, 6.45) is 0. The SMILES string of the molecule is COc1ccc(-c2cc3ccc(N4CCN[C@@H](C)C4)cc3c(=O)o2)cc1Cl. The number of fused-ring (bicyclic) bond motifs is 1. The fourth-order valence-electron chi connectivity index (χ4n) is 3.50. The van der Waals surface area contributed by atoms with Crippen LogP contribution in [0.2, 0.25) is 5.02 Å². The average Bonchev–Trinajstić information content (AvgIpc) is 2.67. The largest absolute Gasteiger partial charge is 0.495 e. The van der Waals surface area contributed by atoms with Gasteiger partial charge in [-0.25, -0.2) is 4.79 Å². The smallest absolute Gasteiger partial charge is 0.344 e. The second kappa shape index (κ2) is 7.25. The van der Waals surface area contributed by atoms with Gasteiger partial charge in [-0.1, -0.05) is 17.7 Å². The molecule has 1 fully saturated rings. The van der Waals surface area contributed by atoms with Gasteiger partial charge in [0.15, 0.2) is 0 Å². The van der Waals surface area contributed by atoms with Crippen molar-refractivity contribution in [3.8, 4) is 17.1 Å². The van der Waals surface area contributed by atoms with Gasteiger partial charge < -0.3 is 19.4 Å². The predicted molar refractivity (Wildman–Crippen MR) is 109 cm³/mol. The van der Waals surface area contributed by atoms with E-state index in [-0.39, 0.29) is 5.63 Å². The van der Waals surface area contributed by atoms with Gasteiger partial charge in [0, 0.05) is 36.9 Å². The van der Waals surface area contributed by atoms with E-state index < -0.39 is 0 Å². The fourth-order valence-corrected chi connectivity index (χ4v) is 3.76. The maximum Gasteiger partial charge on any atom is 0.344 e. The second-order valence-electron chi connectivity index (χ2n) is 6.82. The fraction of sp³-hybridized carbons (Fsp3) is 0.286. The molecule has 5 nitrogen and oxygen atoms in total. The molecule has 0 amide bonds. The lowest BCUT2D eigenvalue weighted by molar-refractivity contribution is 0.415. The van der Waals surface area contributed by atoms with Crippen LogP contribution in [0.4, 0.5) is 5.69 Å². The van der Waals surface area contributed by atoms with Crippen molar-refractivity contribution in [2.75, 3.05) is 31.6 Å². The van der Waals surface area contributed by atoms with Crippen LogP contribution in [0.5, 0.6) is 5.75 Å². The van der Waals surface area contributed by atoms with Gasteiger partial charge in [-0.05, 0) is 48.7 Å². The van der Waals surface area contributed by atoms with E-state index in [1.165, 1.54) is 0 Å². The Morgan fingerprint density at radius 3 is 2.81 bits per heavy atom. The van der Waals surface area contributed by atoms with Crippen LogP contribution in [0.1, 0.15) is 6.92 Å². The van der Waals surface area contributed by atoms with Crippen molar-refractivity contribution in [1.82, 2.24) is 5.32 Å². The van der Waals surface area contributed by atoms with E-state index in [2.05, 4.69) is 23.2 Å². The molecule has 0 unspecified atom stereocenters. The molecule has 0 spiro atoms. The molecule has 1 atom stereocenters. The summed E-state index contributed by atoms with van der Waals surface area (Å²) in [5.74, 6) is 1.07. The van der Waals surface area contributed by atoms with E-state index in [4.69, 9.17) is 20.8 Å². The topological polar surface area (TPSA) is 54.7 Å². The monoisotopic (exact) mass is 384 g/mol. The lowest BCUT2D eigenvalue weighted by Crippen LogP contribution is -2.49. The number of ether oxygens (including phenoxy) is 1. The Morgan fingerprint density at radius 1 is 1.22 bits per heavy atom. The molecule has 0 aliphatic carbocycles. The highest BCUT2D eigenvalue weighted by atomic mass is 35.5. The molecule has 1 N–H and O–H groups in total. The summed E-state index contributed by atoms with van der Waals surface area (Å²) < 4.78 is 10.8. The highest BCUT2D eigenvalue weighted by Gasteiger charge is 2.17. The minimum Gasteiger partial charge on any atom is -0.495 e. The average molecular weight is 385 g/mol. The van der Waals surface area contributed by atoms with Crippen LogP contribution < -0.4 is 20.6 Å². The normalized spacial score (nSPS) is 17.3. The van der Waals surface area contributed by atoms with E-state index in [1.54, 1.807) is 19.2 Å². The first-order chi connectivity index (χ1) is 13.0. The third-order valence-corrected chi connectivity index (χ3v) is 5.21. The first-order valence-corrected chi connectivity index (χ1v) is 9.33. The Balaban J connectivity index is 1.73. The highest BCUT2D eigenvalue weighted by molar-refractivity contribution is 6.32. The molecular weight excluding hydrogens is 364 g/mol. The third-order valence-electron chi connectivity index (χ3n) is 4.92. The summed E-state index contributed by atoms with van der Waals surface area (Å²) in [6.45, 7) is 4.93. The molecule has 3 aromatic rings. The van der Waals surface area contributed by atoms with E-state index in [9.17, 15) is 4.79 Å². The van der Waals surface area contributed by atoms with Crippen molar-refractivity contribution < 1.29 is 9.15 Å². The molecule has 2 heterocycles. The summed E-state index contributed by atoms with van der Waals surface area (Å²) in [6, 6.07) is 13.6. The molecule has 1 aliphatic heterocycles. The Kier molecular flexibility index (Phi) is 4.81. The lowest BCUT2D eigenvalue weighted by Gasteiger charge is -2.33. The van der Waals surface area contributed by atoms with Crippen LogP contribution >= 0.6 is 11.6 Å². The Morgan fingerprint density at radius 2 is 2.07 bits per heavy atom. The lowest BCUT2D eigenvalue weighted by atomic mass is 10.1. The van der Waals surface area contributed by atoms with Crippen molar-refractivity contribution in [2.45, 2.75) is 13.0 Å². The van der Waals surface area contributed by atoms with Crippen molar-refractivity contribution in [3.05, 3.63) is 57.9 Å². The van der Waals surface area contributed by atoms with Gasteiger partial charge in [0.1, 0.15) is 11.5 Å². The Labute approximate surface area is 162 Å². The van der Waals surface area contributed by atoms with Crippen LogP contribution in [-0.4, -0.2) is 32.8 Å². The van der Waals surface area contributed by atoms with Crippen LogP contribution in [0, 0.1) is 0 Å². The highest BCUT2D eigenvalue weighted by Crippen LogP contribution is 2.31. The number of hydrogen-bond donors (Lipinski definition) is 1. The maximum absolute atomic E-state index is 12.6. The molecule has 27 heavy (non-hydrogen) atoms. The number of halogens is 1. The standard InChI is InChI=1S/C21H21ClN2O3/c1-13-12-24(8-7-23-13)16-5-3-14-10-20(27-21(25)17(14)11-16)15-4-6-19(26-2)18(22)9-15/h3-6,9-11,13,23H,7-8,12H2,1-2H3/t13-/m0/s1. The predicted octanol–water partition coefficient (Wildman–Crippen LogP) is 3.92. The van der Waals surface area contributed by atoms with Gasteiger partial charge in [-0.2, -0.15) is 0 Å². The molecule has 140 valence electrons. The van der Waals surface area contributed by atoms with E-state index in [1.807, 2.05) is 24.3 Å². The molecule has 6 heteroatoms. The van der Waals surface area contributed by atoms with Gasteiger partial charge in [-0.15, -0.1) is 0 Å². The summed E-state index contributed by atoms with van der Waals surface area (Å²) in [5.41, 5.74) is 1.43. The first kappa shape index (κ1) is 17.9. The Bertz CT molecular complexity index is 1050. The molecule has 0 bridgehead atoms. The second-order valence-corrected chi connectivity index (χ2v) is 7.23. The molecule has 0 saturated carbocycles. The van der Waals surface area contributed by atoms with Crippen molar-refractivity contribution in [2.24, 2.45) is 0 Å². The maximum atomic E-state index is 12.6. The number of methoxy groups -OCH3 is 1. The van der Waals surface area contributed by atoms with Crippen molar-refractivity contribution >= 4 is 28.1 Å². The van der Waals surface area contributed by atoms with Gasteiger partial charge in [0.25, 0.3) is 0 Å². The number of anilines is 1. The minimum atomic E-state index is -0.348. The molecule has 0 radical (unpaired) electrons. The van der Waals surface area contributed by atoms with Gasteiger partial charge in [0.05, 0.1) is 17.5 Å². The van der Waals surface area contributed by atoms with Crippen LogP contribution in [0.3, 0.4) is 0 Å². The van der Waals surface area contributed by atoms with Crippen LogP contribution in [-0.2, 0) is 0 Å². The zero-order chi connectivity index (χ0) is 19.0. The quantitative estimate of drug-likeness (QED) is 0.741. The van der Waals surface area contributed by atoms with E-state index in [0.717, 1.165) is 36.3 Å². The summed E-state index contributed by atoms with van der Waals surface area (Å²) in [7, 11) is 1.56. The third kappa shape index (κ3) is 3.53. The summed E-state index contributed by atoms with van der Waals surface area (Å²) in [5, 5.41) is 5.33. The molecule has 4 rings (SSSR count). The number of rotatable bonds is 3. The number of nitrogens with zero attached hydrogens (tertiary/aromatic N) is 1. The molecule has 1 aliphatic rings. The van der Waals surface area contributed by atoms with Crippen LogP contribution in [0.15, 0.2) is 51.7 Å². The van der Waals surface area contributed by atoms with Crippen LogP contribution in [0.25, 0.3) is 22.1 Å². The molecule has 1 saturated heterocycles. The van der Waals surface area contributed by atoms with E-state index in [0.29, 0.717) is 28.0 Å². The van der Waals surface area contributed by atoms with Gasteiger partial charge >= 0.3 is 5.63 Å². The summed E-state index contributed by atoms with van der Waals surface area (Å²) >= 11 is 6.20. The number of piperazine rings is 1. The number of benzene rings is 2. The minimum absolute atomic E-state index is 0.348. The zero-order valence-electron chi connectivity index (χ0n) is 15.3. The number of nitrogens with one attached hydrogen (secondary N) is 1.